The molecule has 0 aliphatic rings. The van der Waals surface area contributed by atoms with Crippen LogP contribution in [0.3, 0.4) is 0 Å². The SMILES string of the molecule is CC(=O)N(Cc1ccccc1)Cc1cccn1C. The molecule has 94 valence electrons. The number of hydrogen-bond acceptors (Lipinski definition) is 1. The second-order valence-corrected chi connectivity index (χ2v) is 4.47. The van der Waals surface area contributed by atoms with Gasteiger partial charge in [0.2, 0.25) is 5.91 Å². The van der Waals surface area contributed by atoms with Gasteiger partial charge in [0.05, 0.1) is 6.54 Å². The number of carbonyl (C=O) groups is 1. The van der Waals surface area contributed by atoms with Crippen LogP contribution in [-0.2, 0) is 24.9 Å². The van der Waals surface area contributed by atoms with Gasteiger partial charge in [-0.1, -0.05) is 30.3 Å². The molecule has 0 saturated carbocycles. The van der Waals surface area contributed by atoms with E-state index in [9.17, 15) is 4.79 Å². The second kappa shape index (κ2) is 5.54. The van der Waals surface area contributed by atoms with Gasteiger partial charge in [-0.3, -0.25) is 4.79 Å². The van der Waals surface area contributed by atoms with Crippen LogP contribution in [0.2, 0.25) is 0 Å². The molecule has 3 nitrogen and oxygen atoms in total. The highest BCUT2D eigenvalue weighted by atomic mass is 16.2. The first-order valence-corrected chi connectivity index (χ1v) is 6.06. The number of nitrogens with zero attached hydrogens (tertiary/aromatic N) is 2. The van der Waals surface area contributed by atoms with Crippen molar-refractivity contribution >= 4 is 5.91 Å². The van der Waals surface area contributed by atoms with Crippen molar-refractivity contribution in [2.24, 2.45) is 7.05 Å². The summed E-state index contributed by atoms with van der Waals surface area (Å²) in [6.45, 7) is 2.92. The number of aromatic nitrogens is 1. The maximum Gasteiger partial charge on any atom is 0.220 e. The summed E-state index contributed by atoms with van der Waals surface area (Å²) in [6.07, 6.45) is 2.00. The van der Waals surface area contributed by atoms with Crippen molar-refractivity contribution in [3.05, 3.63) is 59.9 Å². The minimum Gasteiger partial charge on any atom is -0.353 e. The van der Waals surface area contributed by atoms with E-state index in [1.165, 1.54) is 0 Å². The molecule has 2 rings (SSSR count). The van der Waals surface area contributed by atoms with Crippen LogP contribution in [-0.4, -0.2) is 15.4 Å². The average molecular weight is 242 g/mol. The zero-order chi connectivity index (χ0) is 13.0. The monoisotopic (exact) mass is 242 g/mol. The number of aryl methyl sites for hydroxylation is 1. The highest BCUT2D eigenvalue weighted by Crippen LogP contribution is 2.10. The van der Waals surface area contributed by atoms with Crippen LogP contribution in [0.25, 0.3) is 0 Å². The maximum atomic E-state index is 11.7. The number of hydrogen-bond donors (Lipinski definition) is 0. The summed E-state index contributed by atoms with van der Waals surface area (Å²) in [6, 6.07) is 14.1. The van der Waals surface area contributed by atoms with E-state index in [2.05, 4.69) is 0 Å². The second-order valence-electron chi connectivity index (χ2n) is 4.47. The van der Waals surface area contributed by atoms with Crippen LogP contribution in [0.15, 0.2) is 48.7 Å². The van der Waals surface area contributed by atoms with E-state index in [1.807, 2.05) is 65.2 Å². The zero-order valence-electron chi connectivity index (χ0n) is 10.8. The molecule has 0 radical (unpaired) electrons. The van der Waals surface area contributed by atoms with Crippen molar-refractivity contribution in [3.8, 4) is 0 Å². The lowest BCUT2D eigenvalue weighted by atomic mass is 10.2. The van der Waals surface area contributed by atoms with Crippen molar-refractivity contribution in [2.45, 2.75) is 20.0 Å². The van der Waals surface area contributed by atoms with Crippen LogP contribution in [0.4, 0.5) is 0 Å². The summed E-state index contributed by atoms with van der Waals surface area (Å²) in [5.74, 6) is 0.0973. The van der Waals surface area contributed by atoms with Crippen molar-refractivity contribution in [1.82, 2.24) is 9.47 Å². The number of amides is 1. The Morgan fingerprint density at radius 3 is 2.39 bits per heavy atom. The Morgan fingerprint density at radius 1 is 1.11 bits per heavy atom. The van der Waals surface area contributed by atoms with E-state index < -0.39 is 0 Å². The first kappa shape index (κ1) is 12.4. The summed E-state index contributed by atoms with van der Waals surface area (Å²) in [4.78, 5) is 13.6. The summed E-state index contributed by atoms with van der Waals surface area (Å²) >= 11 is 0. The van der Waals surface area contributed by atoms with Crippen molar-refractivity contribution in [3.63, 3.8) is 0 Å². The van der Waals surface area contributed by atoms with Gasteiger partial charge in [-0.25, -0.2) is 0 Å². The fourth-order valence-electron chi connectivity index (χ4n) is 1.94. The molecule has 1 amide bonds. The Morgan fingerprint density at radius 2 is 1.83 bits per heavy atom. The van der Waals surface area contributed by atoms with Gasteiger partial charge >= 0.3 is 0 Å². The Hall–Kier alpha value is -2.03. The molecule has 1 aromatic carbocycles. The minimum atomic E-state index is 0.0973. The van der Waals surface area contributed by atoms with E-state index in [-0.39, 0.29) is 5.91 Å². The number of carbonyl (C=O) groups excluding carboxylic acids is 1. The minimum absolute atomic E-state index is 0.0973. The molecule has 18 heavy (non-hydrogen) atoms. The van der Waals surface area contributed by atoms with Gasteiger partial charge in [0.15, 0.2) is 0 Å². The van der Waals surface area contributed by atoms with E-state index in [1.54, 1.807) is 6.92 Å². The van der Waals surface area contributed by atoms with E-state index in [4.69, 9.17) is 0 Å². The van der Waals surface area contributed by atoms with Crippen molar-refractivity contribution in [2.75, 3.05) is 0 Å². The van der Waals surface area contributed by atoms with E-state index in [0.717, 1.165) is 11.3 Å². The Balaban J connectivity index is 2.10. The quantitative estimate of drug-likeness (QED) is 0.809. The highest BCUT2D eigenvalue weighted by Gasteiger charge is 2.11. The molecule has 0 fully saturated rings. The first-order valence-electron chi connectivity index (χ1n) is 6.06. The fourth-order valence-corrected chi connectivity index (χ4v) is 1.94. The third-order valence-electron chi connectivity index (χ3n) is 3.07. The molecule has 1 heterocycles. The van der Waals surface area contributed by atoms with Gasteiger partial charge in [0, 0.05) is 32.4 Å². The molecule has 1 aromatic heterocycles. The molecule has 0 unspecified atom stereocenters. The third kappa shape index (κ3) is 3.00. The number of rotatable bonds is 4. The molecule has 0 atom stereocenters. The maximum absolute atomic E-state index is 11.7. The molecule has 0 saturated heterocycles. The van der Waals surface area contributed by atoms with Crippen LogP contribution < -0.4 is 0 Å². The Kier molecular flexibility index (Phi) is 3.82. The average Bonchev–Trinajstić information content (AvgIpc) is 2.75. The van der Waals surface area contributed by atoms with Gasteiger partial charge in [0.1, 0.15) is 0 Å². The van der Waals surface area contributed by atoms with Crippen molar-refractivity contribution in [1.29, 1.82) is 0 Å². The van der Waals surface area contributed by atoms with Gasteiger partial charge < -0.3 is 9.47 Å². The van der Waals surface area contributed by atoms with Crippen LogP contribution in [0, 0.1) is 0 Å². The molecular weight excluding hydrogens is 224 g/mol. The molecule has 0 N–H and O–H groups in total. The lowest BCUT2D eigenvalue weighted by molar-refractivity contribution is -0.130. The zero-order valence-corrected chi connectivity index (χ0v) is 10.8. The van der Waals surface area contributed by atoms with Gasteiger partial charge in [0.25, 0.3) is 0 Å². The molecule has 2 aromatic rings. The molecule has 0 aliphatic heterocycles. The molecule has 0 bridgehead atoms. The van der Waals surface area contributed by atoms with Crippen LogP contribution >= 0.6 is 0 Å². The summed E-state index contributed by atoms with van der Waals surface area (Å²) < 4.78 is 2.04. The van der Waals surface area contributed by atoms with Crippen LogP contribution in [0.5, 0.6) is 0 Å². The summed E-state index contributed by atoms with van der Waals surface area (Å²) in [7, 11) is 2.00. The van der Waals surface area contributed by atoms with E-state index in [0.29, 0.717) is 13.1 Å². The summed E-state index contributed by atoms with van der Waals surface area (Å²) in [5.41, 5.74) is 2.29. The predicted octanol–water partition coefficient (Wildman–Crippen LogP) is 2.57. The van der Waals surface area contributed by atoms with Gasteiger partial charge in [-0.15, -0.1) is 0 Å². The topological polar surface area (TPSA) is 25.2 Å². The lowest BCUT2D eigenvalue weighted by Gasteiger charge is -2.21. The smallest absolute Gasteiger partial charge is 0.220 e. The fraction of sp³-hybridized carbons (Fsp3) is 0.267. The standard InChI is InChI=1S/C15H18N2O/c1-13(18)17(11-14-7-4-3-5-8-14)12-15-9-6-10-16(15)2/h3-10H,11-12H2,1-2H3. The van der Waals surface area contributed by atoms with Crippen LogP contribution in [0.1, 0.15) is 18.2 Å². The first-order chi connectivity index (χ1) is 8.66. The molecule has 0 aliphatic carbocycles. The number of benzene rings is 1. The summed E-state index contributed by atoms with van der Waals surface area (Å²) in [5, 5.41) is 0. The predicted molar refractivity (Wildman–Crippen MR) is 71.8 cm³/mol. The highest BCUT2D eigenvalue weighted by molar-refractivity contribution is 5.73. The normalized spacial score (nSPS) is 10.3. The molecule has 3 heteroatoms. The molecule has 0 spiro atoms. The van der Waals surface area contributed by atoms with E-state index >= 15 is 0 Å². The Bertz CT molecular complexity index is 516. The Labute approximate surface area is 108 Å². The van der Waals surface area contributed by atoms with Crippen molar-refractivity contribution < 1.29 is 4.79 Å². The lowest BCUT2D eigenvalue weighted by Crippen LogP contribution is -2.28. The largest absolute Gasteiger partial charge is 0.353 e. The molecular formula is C15H18N2O. The third-order valence-corrected chi connectivity index (χ3v) is 3.07. The van der Waals surface area contributed by atoms with Gasteiger partial charge in [-0.2, -0.15) is 0 Å². The van der Waals surface area contributed by atoms with Gasteiger partial charge in [-0.05, 0) is 17.7 Å².